The van der Waals surface area contributed by atoms with E-state index < -0.39 is 0 Å². The van der Waals surface area contributed by atoms with Gasteiger partial charge in [-0.15, -0.1) is 0 Å². The van der Waals surface area contributed by atoms with E-state index in [1.54, 1.807) is 0 Å². The van der Waals surface area contributed by atoms with Gasteiger partial charge < -0.3 is 4.90 Å². The maximum atomic E-state index is 2.48. The minimum Gasteiger partial charge on any atom is -0.309 e. The van der Waals surface area contributed by atoms with E-state index in [-0.39, 0.29) is 0 Å². The molecule has 0 saturated heterocycles. The van der Waals surface area contributed by atoms with Gasteiger partial charge in [0.15, 0.2) is 0 Å². The van der Waals surface area contributed by atoms with Gasteiger partial charge in [-0.1, -0.05) is 188 Å². The summed E-state index contributed by atoms with van der Waals surface area (Å²) < 4.78 is 0. The van der Waals surface area contributed by atoms with Gasteiger partial charge in [-0.3, -0.25) is 0 Å². The van der Waals surface area contributed by atoms with Crippen LogP contribution in [0.15, 0.2) is 224 Å². The zero-order chi connectivity index (χ0) is 37.7. The zero-order valence-corrected chi connectivity index (χ0v) is 31.3. The first-order valence-corrected chi connectivity index (χ1v) is 19.7. The van der Waals surface area contributed by atoms with E-state index in [2.05, 4.69) is 229 Å². The Bertz CT molecular complexity index is 3290. The van der Waals surface area contributed by atoms with Gasteiger partial charge >= 0.3 is 0 Å². The lowest BCUT2D eigenvalue weighted by molar-refractivity contribution is 1.30. The molecule has 11 aromatic rings. The molecular formula is C56H37N. The molecule has 0 radical (unpaired) electrons. The lowest BCUT2D eigenvalue weighted by Gasteiger charge is -2.31. The van der Waals surface area contributed by atoms with Crippen LogP contribution in [0, 0.1) is 0 Å². The van der Waals surface area contributed by atoms with Crippen LogP contribution in [0.3, 0.4) is 0 Å². The Hall–Kier alpha value is -7.48. The number of fused-ring (bicyclic) bond motifs is 7. The predicted octanol–water partition coefficient (Wildman–Crippen LogP) is 15.9. The van der Waals surface area contributed by atoms with Gasteiger partial charge in [0.1, 0.15) is 0 Å². The number of anilines is 3. The molecule has 0 saturated carbocycles. The molecule has 0 aromatic heterocycles. The van der Waals surface area contributed by atoms with E-state index in [9.17, 15) is 0 Å². The van der Waals surface area contributed by atoms with E-state index >= 15 is 0 Å². The second-order valence-electron chi connectivity index (χ2n) is 14.9. The molecule has 1 heteroatoms. The molecule has 1 nitrogen and oxygen atoms in total. The maximum Gasteiger partial charge on any atom is 0.0624 e. The number of nitrogens with zero attached hydrogens (tertiary/aromatic N) is 1. The Labute approximate surface area is 332 Å². The summed E-state index contributed by atoms with van der Waals surface area (Å²) >= 11 is 0. The van der Waals surface area contributed by atoms with Crippen molar-refractivity contribution in [2.24, 2.45) is 0 Å². The van der Waals surface area contributed by atoms with Crippen LogP contribution >= 0.6 is 0 Å². The largest absolute Gasteiger partial charge is 0.309 e. The quantitative estimate of drug-likeness (QED) is 0.154. The third-order valence-corrected chi connectivity index (χ3v) is 11.6. The van der Waals surface area contributed by atoms with Crippen molar-refractivity contribution in [3.8, 4) is 33.4 Å². The molecule has 0 N–H and O–H groups in total. The third kappa shape index (κ3) is 5.72. The van der Waals surface area contributed by atoms with E-state index in [4.69, 9.17) is 0 Å². The van der Waals surface area contributed by atoms with Crippen LogP contribution in [-0.4, -0.2) is 0 Å². The van der Waals surface area contributed by atoms with Crippen molar-refractivity contribution in [3.05, 3.63) is 224 Å². The molecule has 11 rings (SSSR count). The van der Waals surface area contributed by atoms with Gasteiger partial charge in [-0.25, -0.2) is 0 Å². The molecule has 0 spiro atoms. The van der Waals surface area contributed by atoms with Gasteiger partial charge in [-0.2, -0.15) is 0 Å². The molecule has 0 aliphatic carbocycles. The van der Waals surface area contributed by atoms with Crippen molar-refractivity contribution in [3.63, 3.8) is 0 Å². The van der Waals surface area contributed by atoms with Gasteiger partial charge in [-0.05, 0) is 113 Å². The smallest absolute Gasteiger partial charge is 0.0624 e. The van der Waals surface area contributed by atoms with E-state index in [0.717, 1.165) is 17.1 Å². The SMILES string of the molecule is c1ccc(-c2c(N(c3ccc(-c4ccc5c(ccc6ccccc65)c4)cc3)c3cccc(-c4ccc5ccccc5c4)c3)c3ccccc3c3ccccc23)cc1. The molecule has 0 fully saturated rings. The third-order valence-electron chi connectivity index (χ3n) is 11.6. The van der Waals surface area contributed by atoms with Gasteiger partial charge in [0.2, 0.25) is 0 Å². The summed E-state index contributed by atoms with van der Waals surface area (Å²) in [6.45, 7) is 0. The zero-order valence-electron chi connectivity index (χ0n) is 31.3. The molecule has 0 bridgehead atoms. The van der Waals surface area contributed by atoms with Crippen LogP contribution in [0.1, 0.15) is 0 Å². The molecule has 57 heavy (non-hydrogen) atoms. The number of benzene rings is 11. The fourth-order valence-corrected chi connectivity index (χ4v) is 8.85. The molecule has 11 aromatic carbocycles. The second kappa shape index (κ2) is 13.7. The van der Waals surface area contributed by atoms with Gasteiger partial charge in [0.25, 0.3) is 0 Å². The summed E-state index contributed by atoms with van der Waals surface area (Å²) in [5, 5.41) is 12.5. The average Bonchev–Trinajstić information content (AvgIpc) is 3.29. The Morgan fingerprint density at radius 2 is 0.737 bits per heavy atom. The molecular weight excluding hydrogens is 687 g/mol. The molecule has 0 aliphatic heterocycles. The van der Waals surface area contributed by atoms with Crippen LogP contribution in [0.25, 0.3) is 87.2 Å². The first kappa shape index (κ1) is 32.9. The lowest BCUT2D eigenvalue weighted by atomic mass is 9.89. The molecule has 0 unspecified atom stereocenters. The van der Waals surface area contributed by atoms with E-state index in [1.165, 1.54) is 87.2 Å². The molecule has 0 heterocycles. The number of hydrogen-bond donors (Lipinski definition) is 0. The molecule has 0 amide bonds. The van der Waals surface area contributed by atoms with Crippen LogP contribution in [-0.2, 0) is 0 Å². The highest BCUT2D eigenvalue weighted by atomic mass is 15.1. The monoisotopic (exact) mass is 723 g/mol. The summed E-state index contributed by atoms with van der Waals surface area (Å²) in [6.07, 6.45) is 0. The summed E-state index contributed by atoms with van der Waals surface area (Å²) in [7, 11) is 0. The van der Waals surface area contributed by atoms with Crippen molar-refractivity contribution >= 4 is 70.9 Å². The molecule has 266 valence electrons. The van der Waals surface area contributed by atoms with Crippen molar-refractivity contribution in [2.45, 2.75) is 0 Å². The highest BCUT2D eigenvalue weighted by molar-refractivity contribution is 6.22. The number of hydrogen-bond acceptors (Lipinski definition) is 1. The van der Waals surface area contributed by atoms with Crippen LogP contribution in [0.2, 0.25) is 0 Å². The molecule has 0 aliphatic rings. The maximum absolute atomic E-state index is 2.48. The first-order chi connectivity index (χ1) is 28.3. The summed E-state index contributed by atoms with van der Waals surface area (Å²) in [5.41, 5.74) is 10.5. The van der Waals surface area contributed by atoms with Crippen molar-refractivity contribution in [1.82, 2.24) is 0 Å². The summed E-state index contributed by atoms with van der Waals surface area (Å²) in [5.74, 6) is 0. The predicted molar refractivity (Wildman–Crippen MR) is 245 cm³/mol. The Morgan fingerprint density at radius 1 is 0.228 bits per heavy atom. The highest BCUT2D eigenvalue weighted by Crippen LogP contribution is 2.50. The standard InChI is InChI=1S/C56H37N/c1-2-15-41(16-3-1)55-53-23-10-8-21-51(53)52-22-9-11-24-54(52)56(55)57(48-19-12-18-43(37-48)45-27-25-38-13-4-5-17-42(38)35-45)47-32-29-39(30-33-47)44-31-34-50-46(36-44)28-26-40-14-6-7-20-49(40)50/h1-37H. The second-order valence-corrected chi connectivity index (χ2v) is 14.9. The van der Waals surface area contributed by atoms with Crippen molar-refractivity contribution < 1.29 is 0 Å². The van der Waals surface area contributed by atoms with Crippen molar-refractivity contribution in [2.75, 3.05) is 4.90 Å². The number of rotatable bonds is 6. The average molecular weight is 724 g/mol. The van der Waals surface area contributed by atoms with Crippen molar-refractivity contribution in [1.29, 1.82) is 0 Å². The fraction of sp³-hybridized carbons (Fsp3) is 0. The van der Waals surface area contributed by atoms with Gasteiger partial charge in [0.05, 0.1) is 5.69 Å². The fourth-order valence-electron chi connectivity index (χ4n) is 8.85. The minimum atomic E-state index is 1.10. The molecule has 0 atom stereocenters. The van der Waals surface area contributed by atoms with Crippen LogP contribution in [0.4, 0.5) is 17.1 Å². The summed E-state index contributed by atoms with van der Waals surface area (Å²) in [6, 6.07) is 82.2. The van der Waals surface area contributed by atoms with E-state index in [0.29, 0.717) is 0 Å². The first-order valence-electron chi connectivity index (χ1n) is 19.7. The Balaban J connectivity index is 1.14. The minimum absolute atomic E-state index is 1.10. The van der Waals surface area contributed by atoms with E-state index in [1.807, 2.05) is 0 Å². The van der Waals surface area contributed by atoms with Crippen LogP contribution in [0.5, 0.6) is 0 Å². The summed E-state index contributed by atoms with van der Waals surface area (Å²) in [4.78, 5) is 2.48. The van der Waals surface area contributed by atoms with Gasteiger partial charge in [0, 0.05) is 22.3 Å². The Morgan fingerprint density at radius 3 is 1.54 bits per heavy atom. The highest BCUT2D eigenvalue weighted by Gasteiger charge is 2.24. The lowest BCUT2D eigenvalue weighted by Crippen LogP contribution is -2.12. The normalized spacial score (nSPS) is 11.5. The topological polar surface area (TPSA) is 3.24 Å². The van der Waals surface area contributed by atoms with Crippen LogP contribution < -0.4 is 4.90 Å². The Kier molecular flexibility index (Phi) is 7.89.